The number of benzene rings is 2. The van der Waals surface area contributed by atoms with Crippen LogP contribution in [0.5, 0.6) is 5.75 Å². The number of carbonyl (C=O) groups is 1. The fourth-order valence-electron chi connectivity index (χ4n) is 3.98. The van der Waals surface area contributed by atoms with Crippen molar-refractivity contribution in [3.8, 4) is 5.75 Å². The molecule has 0 bridgehead atoms. The van der Waals surface area contributed by atoms with Crippen LogP contribution in [0.15, 0.2) is 47.4 Å². The van der Waals surface area contributed by atoms with Crippen LogP contribution in [0.4, 0.5) is 4.79 Å². The van der Waals surface area contributed by atoms with E-state index in [4.69, 9.17) is 9.47 Å². The molecule has 0 saturated carbocycles. The second-order valence-corrected chi connectivity index (χ2v) is 8.38. The third-order valence-corrected chi connectivity index (χ3v) is 6.28. The average molecular weight is 413 g/mol. The largest absolute Gasteiger partial charge is 0.497 e. The van der Waals surface area contributed by atoms with Gasteiger partial charge in [0.25, 0.3) is 0 Å². The molecular weight excluding hydrogens is 388 g/mol. The van der Waals surface area contributed by atoms with Crippen molar-refractivity contribution in [3.05, 3.63) is 59.3 Å². The van der Waals surface area contributed by atoms with Gasteiger partial charge in [-0.1, -0.05) is 12.1 Å². The summed E-state index contributed by atoms with van der Waals surface area (Å²) in [6, 6.07) is 13.3. The van der Waals surface area contributed by atoms with Gasteiger partial charge in [-0.15, -0.1) is 0 Å². The number of rotatable bonds is 4. The molecule has 0 aliphatic carbocycles. The number of H-pyrrole nitrogens is 1. The van der Waals surface area contributed by atoms with Gasteiger partial charge >= 0.3 is 6.09 Å². The van der Waals surface area contributed by atoms with Gasteiger partial charge < -0.3 is 14.5 Å². The number of aromatic amines is 1. The van der Waals surface area contributed by atoms with Gasteiger partial charge in [0.15, 0.2) is 0 Å². The molecule has 1 aliphatic heterocycles. The summed E-state index contributed by atoms with van der Waals surface area (Å²) in [4.78, 5) is 18.8. The molecule has 0 fully saturated rings. The van der Waals surface area contributed by atoms with Crippen molar-refractivity contribution in [1.29, 1.82) is 0 Å². The molecule has 2 unspecified atom stereocenters. The summed E-state index contributed by atoms with van der Waals surface area (Å²) in [6.07, 6.45) is 2.07. The highest BCUT2D eigenvalue weighted by molar-refractivity contribution is 7.84. The quantitative estimate of drug-likeness (QED) is 0.703. The number of amides is 1. The van der Waals surface area contributed by atoms with Crippen LogP contribution in [0.3, 0.4) is 0 Å². The number of aromatic nitrogens is 1. The molecule has 2 aromatic carbocycles. The standard InChI is InChI=1S/C22H24N2O4S/c1-4-28-22(25)24-12-11-17-18-13-16(29(3)26)9-10-19(18)23-20(17)21(24)14-5-7-15(27-2)8-6-14/h5-10,13,21,23H,4,11-12H2,1-3H3. The number of hydrogen-bond donors (Lipinski definition) is 1. The van der Waals surface area contributed by atoms with E-state index in [2.05, 4.69) is 4.98 Å². The van der Waals surface area contributed by atoms with Gasteiger partial charge in [-0.3, -0.25) is 9.11 Å². The Hall–Kier alpha value is -2.80. The predicted molar refractivity (Wildman–Crippen MR) is 113 cm³/mol. The third kappa shape index (κ3) is 3.51. The van der Waals surface area contributed by atoms with Crippen molar-refractivity contribution >= 4 is 27.8 Å². The van der Waals surface area contributed by atoms with Gasteiger partial charge in [0.05, 0.1) is 13.7 Å². The van der Waals surface area contributed by atoms with Crippen molar-refractivity contribution in [2.75, 3.05) is 26.5 Å². The lowest BCUT2D eigenvalue weighted by Gasteiger charge is -2.35. The van der Waals surface area contributed by atoms with Gasteiger partial charge in [0.2, 0.25) is 0 Å². The minimum Gasteiger partial charge on any atom is -0.497 e. The number of hydrogen-bond acceptors (Lipinski definition) is 4. The zero-order valence-electron chi connectivity index (χ0n) is 16.7. The number of nitrogens with zero attached hydrogens (tertiary/aromatic N) is 1. The second-order valence-electron chi connectivity index (χ2n) is 7.00. The van der Waals surface area contributed by atoms with Crippen molar-refractivity contribution in [2.45, 2.75) is 24.3 Å². The van der Waals surface area contributed by atoms with E-state index >= 15 is 0 Å². The molecule has 1 aliphatic rings. The maximum Gasteiger partial charge on any atom is 0.410 e. The van der Waals surface area contributed by atoms with Crippen molar-refractivity contribution in [2.24, 2.45) is 0 Å². The van der Waals surface area contributed by atoms with Crippen LogP contribution in [0.1, 0.15) is 29.8 Å². The van der Waals surface area contributed by atoms with E-state index in [9.17, 15) is 9.00 Å². The average Bonchev–Trinajstić information content (AvgIpc) is 3.11. The van der Waals surface area contributed by atoms with E-state index in [0.29, 0.717) is 19.6 Å². The molecule has 0 radical (unpaired) electrons. The highest BCUT2D eigenvalue weighted by atomic mass is 32.2. The molecule has 6 nitrogen and oxygen atoms in total. The predicted octanol–water partition coefficient (Wildman–Crippen LogP) is 4.02. The van der Waals surface area contributed by atoms with E-state index < -0.39 is 10.8 Å². The zero-order valence-corrected chi connectivity index (χ0v) is 17.5. The first kappa shape index (κ1) is 19.5. The fourth-order valence-corrected chi connectivity index (χ4v) is 4.53. The Kier molecular flexibility index (Phi) is 5.32. The molecule has 2 atom stereocenters. The SMILES string of the molecule is CCOC(=O)N1CCc2c([nH]c3ccc(S(C)=O)cc23)C1c1ccc(OC)cc1. The first-order valence-electron chi connectivity index (χ1n) is 9.58. The Morgan fingerprint density at radius 1 is 1.24 bits per heavy atom. The molecule has 1 amide bonds. The van der Waals surface area contributed by atoms with Gasteiger partial charge in [0, 0.05) is 45.1 Å². The molecule has 152 valence electrons. The van der Waals surface area contributed by atoms with Crippen molar-refractivity contribution in [1.82, 2.24) is 9.88 Å². The topological polar surface area (TPSA) is 71.6 Å². The van der Waals surface area contributed by atoms with Crippen LogP contribution < -0.4 is 4.74 Å². The van der Waals surface area contributed by atoms with Gasteiger partial charge in [-0.2, -0.15) is 0 Å². The Morgan fingerprint density at radius 2 is 2.00 bits per heavy atom. The van der Waals surface area contributed by atoms with Crippen molar-refractivity contribution in [3.63, 3.8) is 0 Å². The van der Waals surface area contributed by atoms with E-state index in [0.717, 1.165) is 38.4 Å². The van der Waals surface area contributed by atoms with Gasteiger partial charge in [-0.05, 0) is 54.8 Å². The van der Waals surface area contributed by atoms with Crippen LogP contribution in [-0.2, 0) is 22.0 Å². The van der Waals surface area contributed by atoms with E-state index in [-0.39, 0.29) is 12.1 Å². The summed E-state index contributed by atoms with van der Waals surface area (Å²) >= 11 is 0. The van der Waals surface area contributed by atoms with E-state index in [1.807, 2.05) is 49.4 Å². The molecule has 1 aromatic heterocycles. The summed E-state index contributed by atoms with van der Waals surface area (Å²) in [5.74, 6) is 0.763. The Bertz CT molecular complexity index is 1070. The van der Waals surface area contributed by atoms with E-state index in [1.165, 1.54) is 0 Å². The lowest BCUT2D eigenvalue weighted by Crippen LogP contribution is -2.40. The van der Waals surface area contributed by atoms with Crippen LogP contribution in [-0.4, -0.2) is 46.7 Å². The first-order valence-corrected chi connectivity index (χ1v) is 11.1. The minimum atomic E-state index is -1.05. The number of ether oxygens (including phenoxy) is 2. The Balaban J connectivity index is 1.86. The van der Waals surface area contributed by atoms with Gasteiger partial charge in [-0.25, -0.2) is 4.79 Å². The number of nitrogens with one attached hydrogen (secondary N) is 1. The lowest BCUT2D eigenvalue weighted by molar-refractivity contribution is 0.0932. The molecule has 7 heteroatoms. The molecule has 0 saturated heterocycles. The van der Waals surface area contributed by atoms with Crippen molar-refractivity contribution < 1.29 is 18.5 Å². The first-order chi connectivity index (χ1) is 14.0. The number of fused-ring (bicyclic) bond motifs is 3. The number of methoxy groups -OCH3 is 1. The lowest BCUT2D eigenvalue weighted by atomic mass is 9.92. The summed E-state index contributed by atoms with van der Waals surface area (Å²) < 4.78 is 22.6. The van der Waals surface area contributed by atoms with Crippen LogP contribution >= 0.6 is 0 Å². The monoisotopic (exact) mass is 412 g/mol. The molecule has 1 N–H and O–H groups in total. The molecule has 0 spiro atoms. The second kappa shape index (κ2) is 7.91. The Morgan fingerprint density at radius 3 is 2.66 bits per heavy atom. The van der Waals surface area contributed by atoms with E-state index in [1.54, 1.807) is 18.3 Å². The summed E-state index contributed by atoms with van der Waals surface area (Å²) in [7, 11) is 0.583. The number of carbonyl (C=O) groups excluding carboxylic acids is 1. The highest BCUT2D eigenvalue weighted by Gasteiger charge is 2.35. The zero-order chi connectivity index (χ0) is 20.5. The highest BCUT2D eigenvalue weighted by Crippen LogP contribution is 2.39. The van der Waals surface area contributed by atoms with Crippen LogP contribution in [0.25, 0.3) is 10.9 Å². The maximum absolute atomic E-state index is 12.7. The molecule has 29 heavy (non-hydrogen) atoms. The van der Waals surface area contributed by atoms with Gasteiger partial charge in [0.1, 0.15) is 11.8 Å². The molecule has 2 heterocycles. The molecule has 3 aromatic rings. The Labute approximate surface area is 172 Å². The van der Waals surface area contributed by atoms with Crippen LogP contribution in [0, 0.1) is 0 Å². The summed E-state index contributed by atoms with van der Waals surface area (Å²) in [5, 5.41) is 1.06. The maximum atomic E-state index is 12.7. The molecular formula is C22H24N2O4S. The summed E-state index contributed by atoms with van der Waals surface area (Å²) in [5.41, 5.74) is 4.09. The normalized spacial score (nSPS) is 17.1. The minimum absolute atomic E-state index is 0.285. The smallest absolute Gasteiger partial charge is 0.410 e. The summed E-state index contributed by atoms with van der Waals surface area (Å²) in [6.45, 7) is 2.69. The van der Waals surface area contributed by atoms with Crippen LogP contribution in [0.2, 0.25) is 0 Å². The fraction of sp³-hybridized carbons (Fsp3) is 0.318. The third-order valence-electron chi connectivity index (χ3n) is 5.36. The molecule has 4 rings (SSSR count).